The molecule has 0 aromatic carbocycles. The zero-order valence-corrected chi connectivity index (χ0v) is 21.7. The molecule has 0 aromatic rings. The molecule has 0 spiro atoms. The molecule has 0 aromatic heterocycles. The Morgan fingerprint density at radius 3 is 1.94 bits per heavy atom. The summed E-state index contributed by atoms with van der Waals surface area (Å²) >= 11 is 0. The van der Waals surface area contributed by atoms with Crippen LogP contribution in [0.3, 0.4) is 0 Å². The number of rotatable bonds is 22. The lowest BCUT2D eigenvalue weighted by atomic mass is 10.0. The van der Waals surface area contributed by atoms with Gasteiger partial charge in [0.15, 0.2) is 12.2 Å². The number of hydrogen-bond donors (Lipinski definition) is 2. The van der Waals surface area contributed by atoms with Crippen molar-refractivity contribution in [1.29, 1.82) is 0 Å². The molecule has 0 aliphatic carbocycles. The van der Waals surface area contributed by atoms with Crippen molar-refractivity contribution in [3.05, 3.63) is 12.7 Å². The van der Waals surface area contributed by atoms with Crippen LogP contribution in [0.15, 0.2) is 12.7 Å². The minimum atomic E-state index is -1.10. The van der Waals surface area contributed by atoms with Crippen LogP contribution in [0, 0.1) is 0 Å². The smallest absolute Gasteiger partial charge is 0.365 e. The molecule has 1 fully saturated rings. The van der Waals surface area contributed by atoms with Gasteiger partial charge in [-0.25, -0.2) is 4.79 Å². The number of esters is 1. The van der Waals surface area contributed by atoms with Crippen LogP contribution in [0.25, 0.3) is 0 Å². The van der Waals surface area contributed by atoms with Gasteiger partial charge < -0.3 is 19.7 Å². The van der Waals surface area contributed by atoms with E-state index in [1.165, 1.54) is 77.0 Å². The monoisotopic (exact) mass is 500 g/mol. The van der Waals surface area contributed by atoms with E-state index in [4.69, 9.17) is 14.4 Å². The van der Waals surface area contributed by atoms with Crippen LogP contribution in [0.2, 0.25) is 0 Å². The average molecular weight is 501 g/mol. The van der Waals surface area contributed by atoms with Crippen LogP contribution in [0.4, 0.5) is 0 Å². The molecule has 1 aliphatic rings. The second-order valence-electron chi connectivity index (χ2n) is 9.44. The van der Waals surface area contributed by atoms with Gasteiger partial charge in [0.2, 0.25) is 0 Å². The molecule has 1 aliphatic heterocycles. The Kier molecular flexibility index (Phi) is 18.6. The summed E-state index contributed by atoms with van der Waals surface area (Å²) in [7, 11) is 0. The van der Waals surface area contributed by atoms with Crippen molar-refractivity contribution in [3.8, 4) is 0 Å². The third-order valence-electron chi connectivity index (χ3n) is 6.38. The highest BCUT2D eigenvalue weighted by Crippen LogP contribution is 2.24. The third kappa shape index (κ3) is 14.6. The lowest BCUT2D eigenvalue weighted by molar-refractivity contribution is -0.316. The fraction of sp³-hybridized carbons (Fsp3) is 0.852. The van der Waals surface area contributed by atoms with Crippen LogP contribution >= 0.6 is 0 Å². The molecular formula is C27H48O8. The number of unbranched alkanes of at least 4 members (excludes halogenated alkanes) is 14. The van der Waals surface area contributed by atoms with Gasteiger partial charge >= 0.3 is 11.9 Å². The maximum Gasteiger partial charge on any atom is 0.365 e. The van der Waals surface area contributed by atoms with Crippen molar-refractivity contribution in [2.75, 3.05) is 13.2 Å². The Balaban J connectivity index is 2.08. The minimum Gasteiger partial charge on any atom is -0.457 e. The Bertz CT molecular complexity index is 567. The zero-order chi connectivity index (χ0) is 25.7. The van der Waals surface area contributed by atoms with Gasteiger partial charge in [-0.15, -0.1) is 0 Å². The molecule has 204 valence electrons. The SMILES string of the molecule is C=CC(=O)OO[C@H](CO)[C@H]1OC[C@H](O)[C@H]1OC(=O)CCCCCCCCCCCCCCCCC. The summed E-state index contributed by atoms with van der Waals surface area (Å²) in [6.07, 6.45) is 15.8. The van der Waals surface area contributed by atoms with Gasteiger partial charge in [0.05, 0.1) is 13.2 Å². The summed E-state index contributed by atoms with van der Waals surface area (Å²) in [5.41, 5.74) is 0. The van der Waals surface area contributed by atoms with Crippen LogP contribution < -0.4 is 0 Å². The van der Waals surface area contributed by atoms with Crippen LogP contribution in [0.1, 0.15) is 110 Å². The lowest BCUT2D eigenvalue weighted by Crippen LogP contribution is -2.44. The fourth-order valence-electron chi connectivity index (χ4n) is 4.27. The molecule has 1 saturated heterocycles. The van der Waals surface area contributed by atoms with E-state index < -0.39 is 43.0 Å². The van der Waals surface area contributed by atoms with Crippen molar-refractivity contribution >= 4 is 11.9 Å². The van der Waals surface area contributed by atoms with Crippen molar-refractivity contribution in [2.45, 2.75) is 134 Å². The highest BCUT2D eigenvalue weighted by Gasteiger charge is 2.45. The van der Waals surface area contributed by atoms with Gasteiger partial charge in [-0.1, -0.05) is 103 Å². The van der Waals surface area contributed by atoms with E-state index in [0.717, 1.165) is 25.3 Å². The lowest BCUT2D eigenvalue weighted by Gasteiger charge is -2.25. The number of carbonyl (C=O) groups is 2. The largest absolute Gasteiger partial charge is 0.457 e. The molecule has 2 N–H and O–H groups in total. The Hall–Kier alpha value is -1.48. The molecule has 35 heavy (non-hydrogen) atoms. The first-order valence-electron chi connectivity index (χ1n) is 13.6. The molecule has 0 saturated carbocycles. The first-order valence-corrected chi connectivity index (χ1v) is 13.6. The molecule has 1 heterocycles. The first kappa shape index (κ1) is 31.5. The molecule has 0 bridgehead atoms. The highest BCUT2D eigenvalue weighted by atomic mass is 17.2. The second kappa shape index (κ2) is 20.7. The molecule has 8 nitrogen and oxygen atoms in total. The van der Waals surface area contributed by atoms with Gasteiger partial charge in [0.1, 0.15) is 12.2 Å². The summed E-state index contributed by atoms with van der Waals surface area (Å²) in [6.45, 7) is 4.88. The van der Waals surface area contributed by atoms with Gasteiger partial charge in [-0.3, -0.25) is 9.68 Å². The van der Waals surface area contributed by atoms with Crippen LogP contribution in [0.5, 0.6) is 0 Å². The number of aliphatic hydroxyl groups excluding tert-OH is 2. The Labute approximate surface area is 211 Å². The van der Waals surface area contributed by atoms with Crippen molar-refractivity contribution in [3.63, 3.8) is 0 Å². The van der Waals surface area contributed by atoms with Gasteiger partial charge in [-0.05, 0) is 6.42 Å². The first-order chi connectivity index (χ1) is 17.0. The number of carbonyl (C=O) groups excluding carboxylic acids is 2. The maximum atomic E-state index is 12.3. The minimum absolute atomic E-state index is 0.0726. The normalized spacial score (nSPS) is 20.5. The topological polar surface area (TPSA) is 112 Å². The van der Waals surface area contributed by atoms with Gasteiger partial charge in [-0.2, -0.15) is 4.89 Å². The van der Waals surface area contributed by atoms with E-state index in [0.29, 0.717) is 0 Å². The zero-order valence-electron chi connectivity index (χ0n) is 21.7. The van der Waals surface area contributed by atoms with E-state index in [9.17, 15) is 19.8 Å². The predicted octanol–water partition coefficient (Wildman–Crippen LogP) is 4.94. The predicted molar refractivity (Wildman–Crippen MR) is 133 cm³/mol. The average Bonchev–Trinajstić information content (AvgIpc) is 3.21. The summed E-state index contributed by atoms with van der Waals surface area (Å²) < 4.78 is 10.8. The van der Waals surface area contributed by atoms with E-state index >= 15 is 0 Å². The molecule has 4 atom stereocenters. The van der Waals surface area contributed by atoms with Crippen LogP contribution in [-0.4, -0.2) is 59.8 Å². The number of aliphatic hydroxyl groups is 2. The van der Waals surface area contributed by atoms with E-state index in [1.54, 1.807) is 0 Å². The van der Waals surface area contributed by atoms with E-state index in [2.05, 4.69) is 18.4 Å². The summed E-state index contributed by atoms with van der Waals surface area (Å²) in [5.74, 6) is -1.26. The highest BCUT2D eigenvalue weighted by molar-refractivity contribution is 5.80. The summed E-state index contributed by atoms with van der Waals surface area (Å²) in [5, 5.41) is 19.6. The standard InChI is InChI=1S/C27H48O8/c1-3-5-6-7-8-9-10-11-12-13-14-15-16-17-18-19-25(31)33-26-22(29)21-32-27(26)23(20-28)34-35-24(30)4-2/h4,22-23,26-29H,2-3,5-21H2,1H3/t22-,23+,26+,27+/m0/s1. The molecule has 8 heteroatoms. The summed E-state index contributed by atoms with van der Waals surface area (Å²) in [6, 6.07) is 0. The van der Waals surface area contributed by atoms with Gasteiger partial charge in [0, 0.05) is 12.5 Å². The van der Waals surface area contributed by atoms with Crippen molar-refractivity contribution in [2.24, 2.45) is 0 Å². The van der Waals surface area contributed by atoms with Crippen molar-refractivity contribution in [1.82, 2.24) is 0 Å². The van der Waals surface area contributed by atoms with Crippen LogP contribution in [-0.2, 0) is 28.8 Å². The quantitative estimate of drug-likeness (QED) is 0.0707. The Morgan fingerprint density at radius 2 is 1.46 bits per heavy atom. The van der Waals surface area contributed by atoms with Gasteiger partial charge in [0.25, 0.3) is 0 Å². The molecular weight excluding hydrogens is 452 g/mol. The number of hydrogen-bond acceptors (Lipinski definition) is 8. The van der Waals surface area contributed by atoms with E-state index in [-0.39, 0.29) is 13.0 Å². The maximum absolute atomic E-state index is 12.3. The molecule has 0 amide bonds. The van der Waals surface area contributed by atoms with Crippen molar-refractivity contribution < 1.29 is 39.1 Å². The van der Waals surface area contributed by atoms with E-state index in [1.807, 2.05) is 0 Å². The molecule has 1 rings (SSSR count). The third-order valence-corrected chi connectivity index (χ3v) is 6.38. The Morgan fingerprint density at radius 1 is 0.943 bits per heavy atom. The number of ether oxygens (including phenoxy) is 2. The fourth-order valence-corrected chi connectivity index (χ4v) is 4.27. The molecule has 0 radical (unpaired) electrons. The summed E-state index contributed by atoms with van der Waals surface area (Å²) in [4.78, 5) is 32.8. The molecule has 0 unspecified atom stereocenters. The second-order valence-corrected chi connectivity index (χ2v) is 9.44.